The molecule has 2 fully saturated rings. The SMILES string of the molecule is CC(=O)OC(C)=O.CC(=O)OCc1nc(-c2cc(C(=O)N3CC(C)(c4ccc(C#N)cc4)C3)ccc2C)c(Cl)[nH]1.Cc1ccc(C(=O)N2CC(F)(c3ccc(C#N)cc3)C2)cc1-c1nc(CO)[nH]c1Cl. The highest BCUT2D eigenvalue weighted by atomic mass is 35.5. The van der Waals surface area contributed by atoms with Crippen LogP contribution in [0.25, 0.3) is 22.5 Å². The first-order chi connectivity index (χ1) is 33.2. The second kappa shape index (κ2) is 21.7. The van der Waals surface area contributed by atoms with E-state index < -0.39 is 23.6 Å². The molecule has 19 heteroatoms. The average molecular weight is 990 g/mol. The van der Waals surface area contributed by atoms with E-state index in [1.807, 2.05) is 43.0 Å². The topological polar surface area (TPSA) is 235 Å². The molecular weight excluding hydrogens is 943 g/mol. The molecule has 2 aromatic heterocycles. The van der Waals surface area contributed by atoms with Crippen LogP contribution in [0.2, 0.25) is 10.3 Å². The number of benzene rings is 4. The minimum atomic E-state index is -1.63. The van der Waals surface area contributed by atoms with Crippen LogP contribution in [0.4, 0.5) is 4.39 Å². The van der Waals surface area contributed by atoms with Gasteiger partial charge in [-0.05, 0) is 84.6 Å². The lowest BCUT2D eigenvalue weighted by molar-refractivity contribution is -0.156. The predicted molar refractivity (Wildman–Crippen MR) is 256 cm³/mol. The second-order valence-corrected chi connectivity index (χ2v) is 17.8. The quantitative estimate of drug-likeness (QED) is 0.0918. The van der Waals surface area contributed by atoms with Crippen LogP contribution in [-0.4, -0.2) is 90.7 Å². The number of halogens is 3. The molecule has 3 N–H and O–H groups in total. The summed E-state index contributed by atoms with van der Waals surface area (Å²) in [6, 6.07) is 28.6. The van der Waals surface area contributed by atoms with Crippen LogP contribution in [-0.2, 0) is 48.2 Å². The van der Waals surface area contributed by atoms with Crippen molar-refractivity contribution < 1.29 is 42.9 Å². The summed E-state index contributed by atoms with van der Waals surface area (Å²) in [5.41, 5.74) is 5.99. The number of imidazole rings is 2. The first-order valence-electron chi connectivity index (χ1n) is 21.6. The van der Waals surface area contributed by atoms with Crippen LogP contribution < -0.4 is 0 Å². The summed E-state index contributed by atoms with van der Waals surface area (Å²) in [4.78, 5) is 74.4. The number of aliphatic hydroxyl groups is 1. The number of amides is 2. The van der Waals surface area contributed by atoms with Gasteiger partial charge in [0.1, 0.15) is 46.6 Å². The summed E-state index contributed by atoms with van der Waals surface area (Å²) in [6.45, 7) is 10.4. The Labute approximate surface area is 412 Å². The van der Waals surface area contributed by atoms with Gasteiger partial charge in [0, 0.05) is 61.5 Å². The van der Waals surface area contributed by atoms with E-state index in [0.29, 0.717) is 74.7 Å². The smallest absolute Gasteiger partial charge is 0.310 e. The van der Waals surface area contributed by atoms with Crippen LogP contribution >= 0.6 is 23.2 Å². The summed E-state index contributed by atoms with van der Waals surface area (Å²) >= 11 is 12.5. The molecule has 6 aromatic rings. The Kier molecular flexibility index (Phi) is 16.0. The van der Waals surface area contributed by atoms with E-state index in [-0.39, 0.29) is 48.7 Å². The van der Waals surface area contributed by atoms with Gasteiger partial charge >= 0.3 is 17.9 Å². The highest BCUT2D eigenvalue weighted by Gasteiger charge is 2.47. The van der Waals surface area contributed by atoms with Crippen molar-refractivity contribution in [2.45, 2.75) is 65.8 Å². The second-order valence-electron chi connectivity index (χ2n) is 17.0. The minimum absolute atomic E-state index is 0.00553. The fourth-order valence-electron chi connectivity index (χ4n) is 7.85. The van der Waals surface area contributed by atoms with Crippen LogP contribution in [0.15, 0.2) is 84.9 Å². The number of nitrogens with zero attached hydrogens (tertiary/aromatic N) is 6. The van der Waals surface area contributed by atoms with E-state index in [1.54, 1.807) is 66.7 Å². The molecule has 2 aliphatic rings. The number of nitrogens with one attached hydrogen (secondary N) is 2. The third-order valence-electron chi connectivity index (χ3n) is 11.5. The molecule has 4 heterocycles. The number of hydrogen-bond donors (Lipinski definition) is 3. The van der Waals surface area contributed by atoms with E-state index >= 15 is 4.39 Å². The highest BCUT2D eigenvalue weighted by Crippen LogP contribution is 2.39. The van der Waals surface area contributed by atoms with E-state index in [2.05, 4.69) is 37.7 Å². The number of ether oxygens (including phenoxy) is 2. The Morgan fingerprint density at radius 3 is 1.51 bits per heavy atom. The lowest BCUT2D eigenvalue weighted by Crippen LogP contribution is -2.59. The number of hydrogen-bond acceptors (Lipinski definition) is 12. The van der Waals surface area contributed by atoms with Gasteiger partial charge in [0.2, 0.25) is 0 Å². The van der Waals surface area contributed by atoms with Gasteiger partial charge in [0.25, 0.3) is 11.8 Å². The third kappa shape index (κ3) is 11.9. The lowest BCUT2D eigenvalue weighted by Gasteiger charge is -2.48. The van der Waals surface area contributed by atoms with Crippen LogP contribution in [0.1, 0.15) is 93.4 Å². The molecule has 8 rings (SSSR count). The van der Waals surface area contributed by atoms with Crippen molar-refractivity contribution in [3.63, 3.8) is 0 Å². The summed E-state index contributed by atoms with van der Waals surface area (Å²) in [6.07, 6.45) is 0. The van der Waals surface area contributed by atoms with Crippen LogP contribution in [0, 0.1) is 36.5 Å². The van der Waals surface area contributed by atoms with Crippen LogP contribution in [0.5, 0.6) is 0 Å². The molecule has 360 valence electrons. The fraction of sp³-hybridized carbons (Fsp3) is 0.275. The zero-order chi connectivity index (χ0) is 51.1. The van der Waals surface area contributed by atoms with Gasteiger partial charge in [-0.15, -0.1) is 0 Å². The molecule has 2 aliphatic heterocycles. The van der Waals surface area contributed by atoms with Crippen molar-refractivity contribution in [1.29, 1.82) is 10.5 Å². The van der Waals surface area contributed by atoms with Crippen molar-refractivity contribution in [3.05, 3.63) is 151 Å². The summed E-state index contributed by atoms with van der Waals surface area (Å²) in [5.74, 6) is -1.11. The molecule has 4 aromatic carbocycles. The normalized spacial score (nSPS) is 13.9. The van der Waals surface area contributed by atoms with Gasteiger partial charge in [0.05, 0.1) is 36.4 Å². The maximum Gasteiger partial charge on any atom is 0.310 e. The number of aryl methyl sites for hydroxylation is 2. The minimum Gasteiger partial charge on any atom is -0.458 e. The Morgan fingerprint density at radius 2 is 1.11 bits per heavy atom. The molecular formula is C51H47Cl2FN8O8. The average Bonchev–Trinajstić information content (AvgIpc) is 3.89. The first kappa shape index (κ1) is 51.7. The van der Waals surface area contributed by atoms with E-state index in [9.17, 15) is 29.1 Å². The molecule has 0 aliphatic carbocycles. The number of esters is 3. The summed E-state index contributed by atoms with van der Waals surface area (Å²) < 4.78 is 24.1. The molecule has 16 nitrogen and oxygen atoms in total. The monoisotopic (exact) mass is 988 g/mol. The summed E-state index contributed by atoms with van der Waals surface area (Å²) in [5, 5.41) is 27.7. The number of carbonyl (C=O) groups excluding carboxylic acids is 5. The van der Waals surface area contributed by atoms with Crippen molar-refractivity contribution in [2.75, 3.05) is 26.2 Å². The number of likely N-dealkylation sites (tertiary alicyclic amines) is 2. The zero-order valence-electron chi connectivity index (χ0n) is 38.9. The molecule has 0 unspecified atom stereocenters. The number of aliphatic hydroxyl groups excluding tert-OH is 1. The van der Waals surface area contributed by atoms with Gasteiger partial charge in [-0.3, -0.25) is 24.0 Å². The van der Waals surface area contributed by atoms with Gasteiger partial charge < -0.3 is 34.3 Å². The fourth-order valence-corrected chi connectivity index (χ4v) is 8.36. The molecule has 0 bridgehead atoms. The number of aromatic nitrogens is 4. The number of aromatic amines is 2. The zero-order valence-corrected chi connectivity index (χ0v) is 40.5. The molecule has 2 saturated heterocycles. The van der Waals surface area contributed by atoms with Gasteiger partial charge in [0.15, 0.2) is 5.67 Å². The number of rotatable bonds is 9. The van der Waals surface area contributed by atoms with Crippen molar-refractivity contribution in [1.82, 2.24) is 29.7 Å². The molecule has 0 saturated carbocycles. The standard InChI is InChI=1S/C25H23ClN4O3.C22H18ClFN4O2.C4H6O3/c1-15-4-7-18(10-20(15)22-23(26)29-21(28-22)12-33-16(2)31)24(32)30-13-25(3,14-30)19-8-5-17(11-27)6-9-19;1-13-2-5-15(8-17(13)19-20(23)27-18(10-29)26-19)21(30)28-11-22(24,12-28)16-6-3-14(9-25)4-7-16;1-3(5)7-4(2)6/h4-10H,12-14H2,1-3H3,(H,28,29);2-8,29H,10-12H2,1H3,(H,26,27);1-2H3. The molecule has 0 spiro atoms. The number of H-pyrrole nitrogens is 2. The number of nitriles is 2. The Hall–Kier alpha value is -7.70. The van der Waals surface area contributed by atoms with E-state index in [1.165, 1.54) is 25.7 Å². The number of alkyl halides is 1. The molecule has 2 amide bonds. The molecule has 70 heavy (non-hydrogen) atoms. The number of carbonyl (C=O) groups is 5. The Morgan fingerprint density at radius 1 is 0.686 bits per heavy atom. The highest BCUT2D eigenvalue weighted by molar-refractivity contribution is 6.32. The maximum atomic E-state index is 15.2. The van der Waals surface area contributed by atoms with E-state index in [0.717, 1.165) is 22.3 Å². The van der Waals surface area contributed by atoms with Crippen molar-refractivity contribution >= 4 is 52.9 Å². The van der Waals surface area contributed by atoms with Gasteiger partial charge in [-0.25, -0.2) is 14.4 Å². The van der Waals surface area contributed by atoms with Crippen molar-refractivity contribution in [2.24, 2.45) is 0 Å². The summed E-state index contributed by atoms with van der Waals surface area (Å²) in [7, 11) is 0. The van der Waals surface area contributed by atoms with Gasteiger partial charge in [-0.1, -0.05) is 66.5 Å². The maximum absolute atomic E-state index is 15.2. The predicted octanol–water partition coefficient (Wildman–Crippen LogP) is 8.21. The largest absolute Gasteiger partial charge is 0.458 e. The lowest BCUT2D eigenvalue weighted by atomic mass is 9.75. The molecule has 0 radical (unpaired) electrons. The first-order valence-corrected chi connectivity index (χ1v) is 22.4. The molecule has 0 atom stereocenters. The van der Waals surface area contributed by atoms with Crippen molar-refractivity contribution in [3.8, 4) is 34.7 Å². The van der Waals surface area contributed by atoms with E-state index in [4.69, 9.17) is 38.5 Å². The Bertz CT molecular complexity index is 3040. The van der Waals surface area contributed by atoms with Gasteiger partial charge in [-0.2, -0.15) is 10.5 Å². The third-order valence-corrected chi connectivity index (χ3v) is 12.1. The Balaban J connectivity index is 0.000000203. The van der Waals surface area contributed by atoms with Crippen LogP contribution in [0.3, 0.4) is 0 Å².